The molecule has 2 aliphatic heterocycles. The molecule has 0 spiro atoms. The second-order valence-corrected chi connectivity index (χ2v) is 8.08. The third-order valence-electron chi connectivity index (χ3n) is 6.03. The Hall–Kier alpha value is -2.28. The number of benzene rings is 1. The molecule has 2 fully saturated rings. The Morgan fingerprint density at radius 1 is 1.10 bits per heavy atom. The number of para-hydroxylation sites is 1. The first-order valence-electron chi connectivity index (χ1n) is 10.4. The fourth-order valence-corrected chi connectivity index (χ4v) is 4.60. The summed E-state index contributed by atoms with van der Waals surface area (Å²) in [4.78, 5) is 20.1. The Kier molecular flexibility index (Phi) is 7.46. The Labute approximate surface area is 194 Å². The molecular formula is C23H28Cl2N4O2. The van der Waals surface area contributed by atoms with E-state index >= 15 is 0 Å². The lowest BCUT2D eigenvalue weighted by atomic mass is 10.1. The van der Waals surface area contributed by atoms with Crippen molar-refractivity contribution in [1.82, 2.24) is 19.6 Å². The van der Waals surface area contributed by atoms with Gasteiger partial charge < -0.3 is 19.4 Å². The number of aromatic nitrogens is 2. The van der Waals surface area contributed by atoms with Crippen LogP contribution in [0, 0.1) is 6.92 Å². The summed E-state index contributed by atoms with van der Waals surface area (Å²) in [5.41, 5.74) is 3.56. The zero-order valence-electron chi connectivity index (χ0n) is 17.5. The normalized spacial score (nSPS) is 20.0. The average molecular weight is 463 g/mol. The number of ether oxygens (including phenoxy) is 1. The van der Waals surface area contributed by atoms with Crippen molar-refractivity contribution in [2.75, 3.05) is 13.1 Å². The van der Waals surface area contributed by atoms with Gasteiger partial charge in [0.1, 0.15) is 18.0 Å². The van der Waals surface area contributed by atoms with Crippen molar-refractivity contribution < 1.29 is 9.53 Å². The van der Waals surface area contributed by atoms with Gasteiger partial charge in [-0.3, -0.25) is 4.79 Å². The number of aryl methyl sites for hydroxylation is 1. The van der Waals surface area contributed by atoms with Crippen molar-refractivity contribution in [1.29, 1.82) is 0 Å². The largest absolute Gasteiger partial charge is 0.486 e. The molecule has 5 rings (SSSR count). The highest BCUT2D eigenvalue weighted by Crippen LogP contribution is 2.32. The predicted octanol–water partition coefficient (Wildman–Crippen LogP) is 4.03. The quantitative estimate of drug-likeness (QED) is 0.635. The highest BCUT2D eigenvalue weighted by Gasteiger charge is 2.39. The topological polar surface area (TPSA) is 58.9 Å². The number of rotatable bonds is 4. The Bertz CT molecular complexity index is 1040. The minimum Gasteiger partial charge on any atom is -0.486 e. The second kappa shape index (κ2) is 9.90. The number of hydrogen-bond donors (Lipinski definition) is 1. The number of fused-ring (bicyclic) bond motifs is 3. The number of hydrogen-bond acceptors (Lipinski definition) is 4. The zero-order chi connectivity index (χ0) is 19.8. The van der Waals surface area contributed by atoms with Gasteiger partial charge in [-0.25, -0.2) is 4.98 Å². The van der Waals surface area contributed by atoms with Gasteiger partial charge in [0, 0.05) is 31.0 Å². The maximum Gasteiger partial charge on any atom is 0.258 e. The van der Waals surface area contributed by atoms with E-state index in [0.29, 0.717) is 24.0 Å². The summed E-state index contributed by atoms with van der Waals surface area (Å²) in [7, 11) is 0. The van der Waals surface area contributed by atoms with Crippen LogP contribution in [0.1, 0.15) is 40.9 Å². The minimum atomic E-state index is 0. The zero-order valence-corrected chi connectivity index (χ0v) is 19.1. The molecule has 2 aromatic heterocycles. The molecule has 31 heavy (non-hydrogen) atoms. The van der Waals surface area contributed by atoms with Crippen LogP contribution in [-0.4, -0.2) is 45.4 Å². The number of halogens is 2. The van der Waals surface area contributed by atoms with E-state index in [2.05, 4.69) is 22.1 Å². The molecule has 1 amide bonds. The summed E-state index contributed by atoms with van der Waals surface area (Å²) in [6.45, 7) is 4.25. The van der Waals surface area contributed by atoms with Gasteiger partial charge in [0.05, 0.1) is 11.3 Å². The molecule has 2 atom stereocenters. The number of imidazole rings is 1. The van der Waals surface area contributed by atoms with Crippen LogP contribution in [-0.2, 0) is 6.61 Å². The highest BCUT2D eigenvalue weighted by molar-refractivity contribution is 5.97. The van der Waals surface area contributed by atoms with Crippen LogP contribution in [0.5, 0.6) is 5.75 Å². The third kappa shape index (κ3) is 4.66. The first-order chi connectivity index (χ1) is 14.2. The summed E-state index contributed by atoms with van der Waals surface area (Å²) in [5.74, 6) is 0.713. The van der Waals surface area contributed by atoms with E-state index in [1.54, 1.807) is 0 Å². The van der Waals surface area contributed by atoms with Crippen LogP contribution in [0.25, 0.3) is 5.65 Å². The monoisotopic (exact) mass is 462 g/mol. The molecule has 4 heterocycles. The van der Waals surface area contributed by atoms with Crippen LogP contribution < -0.4 is 10.1 Å². The van der Waals surface area contributed by atoms with Gasteiger partial charge in [0.15, 0.2) is 0 Å². The van der Waals surface area contributed by atoms with E-state index in [1.807, 2.05) is 53.2 Å². The maximum absolute atomic E-state index is 13.4. The SMILES string of the molecule is Cc1ccc2nc(COc3ccccc3C(=O)N3C4CCNCC3CC4)cn2c1.Cl.Cl. The molecule has 2 saturated heterocycles. The number of amides is 1. The predicted molar refractivity (Wildman–Crippen MR) is 126 cm³/mol. The number of nitrogens with zero attached hydrogens (tertiary/aromatic N) is 3. The van der Waals surface area contributed by atoms with Crippen LogP contribution in [0.15, 0.2) is 48.8 Å². The van der Waals surface area contributed by atoms with Crippen molar-refractivity contribution in [3.8, 4) is 5.75 Å². The Morgan fingerprint density at radius 2 is 1.90 bits per heavy atom. The van der Waals surface area contributed by atoms with Crippen molar-refractivity contribution in [3.63, 3.8) is 0 Å². The molecule has 6 nitrogen and oxygen atoms in total. The summed E-state index contributed by atoms with van der Waals surface area (Å²) >= 11 is 0. The fraction of sp³-hybridized carbons (Fsp3) is 0.391. The van der Waals surface area contributed by atoms with E-state index < -0.39 is 0 Å². The highest BCUT2D eigenvalue weighted by atomic mass is 35.5. The molecule has 2 bridgehead atoms. The molecule has 2 aliphatic rings. The molecule has 3 aromatic rings. The van der Waals surface area contributed by atoms with Gasteiger partial charge >= 0.3 is 0 Å². The Balaban J connectivity index is 0.00000136. The molecule has 2 unspecified atom stereocenters. The number of carbonyl (C=O) groups excluding carboxylic acids is 1. The standard InChI is InChI=1S/C23H26N4O2.2ClH/c1-16-6-9-22-25-17(14-26(22)13-16)15-29-21-5-3-2-4-20(21)23(28)27-18-7-8-19(27)12-24-11-10-18;;/h2-6,9,13-14,18-19,24H,7-8,10-12,15H2,1H3;2*1H. The van der Waals surface area contributed by atoms with Gasteiger partial charge in [0.2, 0.25) is 0 Å². The van der Waals surface area contributed by atoms with Gasteiger partial charge in [-0.15, -0.1) is 24.8 Å². The average Bonchev–Trinajstić information content (AvgIpc) is 3.24. The van der Waals surface area contributed by atoms with Gasteiger partial charge in [-0.1, -0.05) is 18.2 Å². The maximum atomic E-state index is 13.4. The van der Waals surface area contributed by atoms with Crippen LogP contribution in [0.4, 0.5) is 0 Å². The third-order valence-corrected chi connectivity index (χ3v) is 6.03. The molecule has 1 N–H and O–H groups in total. The molecule has 0 saturated carbocycles. The van der Waals surface area contributed by atoms with E-state index in [-0.39, 0.29) is 36.8 Å². The van der Waals surface area contributed by atoms with Crippen molar-refractivity contribution in [2.45, 2.75) is 44.9 Å². The van der Waals surface area contributed by atoms with Gasteiger partial charge in [-0.05, 0) is 56.5 Å². The molecular weight excluding hydrogens is 435 g/mol. The number of carbonyl (C=O) groups is 1. The van der Waals surface area contributed by atoms with Gasteiger partial charge in [0.25, 0.3) is 5.91 Å². The molecule has 166 valence electrons. The van der Waals surface area contributed by atoms with Crippen molar-refractivity contribution in [3.05, 3.63) is 65.6 Å². The van der Waals surface area contributed by atoms with Gasteiger partial charge in [-0.2, -0.15) is 0 Å². The lowest BCUT2D eigenvalue weighted by molar-refractivity contribution is 0.0675. The number of nitrogens with one attached hydrogen (secondary N) is 1. The lowest BCUT2D eigenvalue weighted by Gasteiger charge is -2.28. The first kappa shape index (κ1) is 23.4. The van der Waals surface area contributed by atoms with Crippen molar-refractivity contribution >= 4 is 36.4 Å². The summed E-state index contributed by atoms with van der Waals surface area (Å²) in [6.07, 6.45) is 7.22. The fourth-order valence-electron chi connectivity index (χ4n) is 4.60. The van der Waals surface area contributed by atoms with Crippen LogP contribution >= 0.6 is 24.8 Å². The van der Waals surface area contributed by atoms with Crippen LogP contribution in [0.3, 0.4) is 0 Å². The van der Waals surface area contributed by atoms with E-state index in [4.69, 9.17) is 4.74 Å². The summed E-state index contributed by atoms with van der Waals surface area (Å²) in [6, 6.07) is 12.2. The second-order valence-electron chi connectivity index (χ2n) is 8.08. The lowest BCUT2D eigenvalue weighted by Crippen LogP contribution is -2.42. The van der Waals surface area contributed by atoms with Crippen molar-refractivity contribution in [2.24, 2.45) is 0 Å². The molecule has 0 aliphatic carbocycles. The Morgan fingerprint density at radius 3 is 2.77 bits per heavy atom. The first-order valence-corrected chi connectivity index (χ1v) is 10.4. The molecule has 1 aromatic carbocycles. The van der Waals surface area contributed by atoms with E-state index in [9.17, 15) is 4.79 Å². The minimum absolute atomic E-state index is 0. The summed E-state index contributed by atoms with van der Waals surface area (Å²) < 4.78 is 8.09. The van der Waals surface area contributed by atoms with E-state index in [1.165, 1.54) is 5.56 Å². The summed E-state index contributed by atoms with van der Waals surface area (Å²) in [5, 5.41) is 3.46. The molecule has 8 heteroatoms. The molecule has 0 radical (unpaired) electrons. The van der Waals surface area contributed by atoms with E-state index in [0.717, 1.165) is 43.7 Å². The smallest absolute Gasteiger partial charge is 0.258 e. The number of pyridine rings is 1. The van der Waals surface area contributed by atoms with Crippen LogP contribution in [0.2, 0.25) is 0 Å².